The fraction of sp³-hybridized carbons (Fsp3) is 0. The summed E-state index contributed by atoms with van der Waals surface area (Å²) in [6, 6.07) is 137. The van der Waals surface area contributed by atoms with Crippen molar-refractivity contribution in [3.63, 3.8) is 0 Å². The topological polar surface area (TPSA) is 51.2 Å². The van der Waals surface area contributed by atoms with E-state index in [2.05, 4.69) is 383 Å². The number of aromatic nitrogens is 3. The minimum Gasteiger partial charge on any atom is -0.300 e. The van der Waals surface area contributed by atoms with Crippen molar-refractivity contribution >= 4 is 91.4 Å². The molecule has 0 saturated carbocycles. The molecule has 0 aliphatic carbocycles. The van der Waals surface area contributed by atoms with E-state index in [0.29, 0.717) is 17.5 Å². The van der Waals surface area contributed by atoms with Crippen molar-refractivity contribution in [2.24, 2.45) is 0 Å². The minimum absolute atomic E-state index is 0.368. The van der Waals surface area contributed by atoms with Gasteiger partial charge in [0.15, 0.2) is 17.5 Å². The molecule has 0 atom stereocenters. The van der Waals surface area contributed by atoms with Crippen LogP contribution >= 0.6 is 0 Å². The third kappa shape index (κ3) is 10.0. The SMILES string of the molecule is c1ccc(C(c2ccccc2)=[N+]2c3cc(-c4ccccc4)ccc3N3c4cc(-c5nc(-c6ccccc6)nc(-c6ccccc6)n5)cc5c4B(c4cc(-c6ccccc6)cc2c43)c2cc(-c3ccccc3)cc3c2N5c2ccc(-c4ccccc4)cc2[N+]3=C(c2ccccc2)c2ccccc2)cc1. The molecule has 0 radical (unpaired) electrons. The Bertz CT molecular complexity index is 5610. The maximum absolute atomic E-state index is 5.61. The van der Waals surface area contributed by atoms with E-state index in [1.807, 2.05) is 12.1 Å². The van der Waals surface area contributed by atoms with Gasteiger partial charge in [0.05, 0.1) is 0 Å². The normalized spacial score (nSPS) is 12.6. The predicted molar refractivity (Wildman–Crippen MR) is 427 cm³/mol. The van der Waals surface area contributed by atoms with Gasteiger partial charge < -0.3 is 0 Å². The van der Waals surface area contributed by atoms with Crippen molar-refractivity contribution in [1.29, 1.82) is 0 Å². The molecule has 0 bridgehead atoms. The first-order chi connectivity index (χ1) is 51.1. The molecule has 5 heterocycles. The van der Waals surface area contributed by atoms with Crippen molar-refractivity contribution in [2.45, 2.75) is 0 Å². The van der Waals surface area contributed by atoms with Crippen LogP contribution in [0.5, 0.6) is 0 Å². The fourth-order valence-corrected chi connectivity index (χ4v) is 16.1. The Kier molecular flexibility index (Phi) is 14.2. The van der Waals surface area contributed by atoms with Crippen LogP contribution in [-0.4, -0.2) is 33.1 Å². The maximum atomic E-state index is 5.61. The highest BCUT2D eigenvalue weighted by molar-refractivity contribution is 7.00. The molecule has 0 amide bonds. The molecule has 478 valence electrons. The highest BCUT2D eigenvalue weighted by Gasteiger charge is 2.53. The van der Waals surface area contributed by atoms with E-state index < -0.39 is 0 Å². The van der Waals surface area contributed by atoms with Gasteiger partial charge in [-0.05, 0) is 134 Å². The number of rotatable bonds is 11. The molecule has 103 heavy (non-hydrogen) atoms. The van der Waals surface area contributed by atoms with E-state index in [9.17, 15) is 0 Å². The van der Waals surface area contributed by atoms with Crippen LogP contribution in [0.15, 0.2) is 376 Å². The van der Waals surface area contributed by atoms with Gasteiger partial charge in [-0.15, -0.1) is 9.15 Å². The van der Waals surface area contributed by atoms with Crippen LogP contribution in [0.3, 0.4) is 0 Å². The first-order valence-electron chi connectivity index (χ1n) is 35.2. The molecule has 1 aromatic heterocycles. The summed E-state index contributed by atoms with van der Waals surface area (Å²) in [5, 5.41) is 0. The number of fused-ring (bicyclic) bond motifs is 8. The molecule has 0 spiro atoms. The molecule has 20 rings (SSSR count). The van der Waals surface area contributed by atoms with E-state index >= 15 is 0 Å². The summed E-state index contributed by atoms with van der Waals surface area (Å²) in [6.07, 6.45) is 0. The zero-order valence-electron chi connectivity index (χ0n) is 56.0. The van der Waals surface area contributed by atoms with Crippen molar-refractivity contribution in [3.05, 3.63) is 398 Å². The van der Waals surface area contributed by atoms with Gasteiger partial charge in [-0.2, -0.15) is 0 Å². The van der Waals surface area contributed by atoms with Crippen LogP contribution in [0.4, 0.5) is 56.9 Å². The van der Waals surface area contributed by atoms with E-state index in [1.165, 1.54) is 16.4 Å². The Morgan fingerprint density at radius 2 is 0.495 bits per heavy atom. The van der Waals surface area contributed by atoms with E-state index in [0.717, 1.165) is 152 Å². The Morgan fingerprint density at radius 1 is 0.223 bits per heavy atom. The van der Waals surface area contributed by atoms with Gasteiger partial charge in [-0.3, -0.25) is 9.80 Å². The lowest BCUT2D eigenvalue weighted by atomic mass is 9.33. The lowest BCUT2D eigenvalue weighted by Gasteiger charge is -2.46. The van der Waals surface area contributed by atoms with Gasteiger partial charge >= 0.3 is 0 Å². The highest BCUT2D eigenvalue weighted by atomic mass is 15.3. The number of hydrogen-bond acceptors (Lipinski definition) is 5. The van der Waals surface area contributed by atoms with Gasteiger partial charge in [0.25, 0.3) is 6.71 Å². The maximum Gasteiger partial charge on any atom is 0.252 e. The van der Waals surface area contributed by atoms with Crippen LogP contribution in [0.1, 0.15) is 22.3 Å². The second-order valence-corrected chi connectivity index (χ2v) is 26.6. The van der Waals surface area contributed by atoms with Gasteiger partial charge in [0.2, 0.25) is 34.2 Å². The average Bonchev–Trinajstić information content (AvgIpc) is 0.670. The van der Waals surface area contributed by atoms with Crippen molar-refractivity contribution in [1.82, 2.24) is 24.1 Å². The van der Waals surface area contributed by atoms with Gasteiger partial charge in [0, 0.05) is 74.6 Å². The smallest absolute Gasteiger partial charge is 0.252 e. The summed E-state index contributed by atoms with van der Waals surface area (Å²) in [4.78, 5) is 21.7. The Morgan fingerprint density at radius 3 is 0.816 bits per heavy atom. The summed E-state index contributed by atoms with van der Waals surface area (Å²) in [5.41, 5.74) is 32.0. The van der Waals surface area contributed by atoms with Gasteiger partial charge in [0.1, 0.15) is 22.7 Å². The minimum atomic E-state index is -0.368. The average molecular weight is 1310 g/mol. The van der Waals surface area contributed by atoms with Crippen molar-refractivity contribution in [3.8, 4) is 78.7 Å². The van der Waals surface area contributed by atoms with Crippen molar-refractivity contribution in [2.75, 3.05) is 9.80 Å². The summed E-state index contributed by atoms with van der Waals surface area (Å²) in [7, 11) is 0. The van der Waals surface area contributed by atoms with Crippen LogP contribution in [0.25, 0.3) is 78.7 Å². The number of nitrogens with zero attached hydrogens (tertiary/aromatic N) is 7. The van der Waals surface area contributed by atoms with E-state index in [-0.39, 0.29) is 6.71 Å². The monoisotopic (exact) mass is 1310 g/mol. The fourth-order valence-electron chi connectivity index (χ4n) is 16.1. The molecule has 0 fully saturated rings. The second kappa shape index (κ2) is 24.6. The Hall–Kier alpha value is -13.7. The number of benzene rings is 15. The Balaban J connectivity index is 0.990. The first kappa shape index (κ1) is 59.4. The summed E-state index contributed by atoms with van der Waals surface area (Å²) < 4.78 is 5.17. The quantitative estimate of drug-likeness (QED) is 0.0954. The summed E-state index contributed by atoms with van der Waals surface area (Å²) in [5.74, 6) is 1.74. The van der Waals surface area contributed by atoms with Crippen LogP contribution in [-0.2, 0) is 0 Å². The molecule has 0 N–H and O–H groups in total. The zero-order chi connectivity index (χ0) is 67.9. The van der Waals surface area contributed by atoms with E-state index in [4.69, 9.17) is 15.0 Å². The van der Waals surface area contributed by atoms with Gasteiger partial charge in [-0.1, -0.05) is 279 Å². The van der Waals surface area contributed by atoms with Crippen LogP contribution < -0.4 is 35.3 Å². The van der Waals surface area contributed by atoms with Gasteiger partial charge in [-0.25, -0.2) is 15.0 Å². The largest absolute Gasteiger partial charge is 0.300 e. The van der Waals surface area contributed by atoms with Crippen molar-refractivity contribution < 1.29 is 0 Å². The second-order valence-electron chi connectivity index (χ2n) is 26.6. The molecule has 16 aromatic rings. The molecule has 8 heteroatoms. The third-order valence-corrected chi connectivity index (χ3v) is 20.6. The lowest BCUT2D eigenvalue weighted by molar-refractivity contribution is 1.02. The molecule has 4 aliphatic heterocycles. The molecule has 15 aromatic carbocycles. The highest BCUT2D eigenvalue weighted by Crippen LogP contribution is 2.59. The predicted octanol–water partition coefficient (Wildman–Crippen LogP) is 21.0. The summed E-state index contributed by atoms with van der Waals surface area (Å²) in [6.45, 7) is -0.368. The number of hydrogen-bond donors (Lipinski definition) is 0. The zero-order valence-corrected chi connectivity index (χ0v) is 56.0. The molecular formula is C95H62BN7+2. The van der Waals surface area contributed by atoms with Crippen LogP contribution in [0.2, 0.25) is 0 Å². The number of anilines is 6. The van der Waals surface area contributed by atoms with E-state index in [1.54, 1.807) is 0 Å². The molecule has 4 aliphatic rings. The molecule has 0 saturated heterocycles. The third-order valence-electron chi connectivity index (χ3n) is 20.6. The molecule has 0 unspecified atom stereocenters. The first-order valence-corrected chi connectivity index (χ1v) is 35.2. The molecular weight excluding hydrogens is 1250 g/mol. The standard InChI is InChI=1S/C95H62BN7/c1-11-31-63(32-12-1)73-51-53-80-82(57-73)102(89(67-39-19-5-20-40-67)68-41-21-6-22-42-68)86-59-75(65-35-15-3-16-36-65)55-78-91(86)100(80)84-61-77(95-98-93(71-47-27-9-28-48-71)97-94(99-95)72-49-29-10-30-50-72)62-85-88(84)96(78)79-56-76(66-37-17-4-18-38-66)60-87-92(79)101(85)81-54-52-74(64-33-13-2-14-34-64)58-83(81)103(87)90(69-43-23-7-24-44-69)70-45-25-8-26-46-70/h1-62H/q+2. The summed E-state index contributed by atoms with van der Waals surface area (Å²) >= 11 is 0. The Labute approximate surface area is 598 Å². The lowest BCUT2D eigenvalue weighted by Crippen LogP contribution is -2.62. The van der Waals surface area contributed by atoms with Crippen LogP contribution in [0, 0.1) is 0 Å². The molecule has 7 nitrogen and oxygen atoms in total.